The molecule has 1 amide bonds. The molecular formula is C18H19NO3. The third-order valence-corrected chi connectivity index (χ3v) is 3.26. The molecule has 2 aromatic rings. The summed E-state index contributed by atoms with van der Waals surface area (Å²) in [6.45, 7) is 2.18. The molecule has 0 aliphatic rings. The van der Waals surface area contributed by atoms with Gasteiger partial charge in [0.15, 0.2) is 0 Å². The summed E-state index contributed by atoms with van der Waals surface area (Å²) in [4.78, 5) is 22.9. The number of carbonyl (C=O) groups is 2. The lowest BCUT2D eigenvalue weighted by molar-refractivity contribution is -0.109. The number of carbonyl (C=O) groups excluding carboxylic acids is 2. The maximum absolute atomic E-state index is 11.7. The summed E-state index contributed by atoms with van der Waals surface area (Å²) in [5, 5.41) is 2.57. The summed E-state index contributed by atoms with van der Waals surface area (Å²) in [6.07, 6.45) is 0.585. The number of rotatable bonds is 6. The lowest BCUT2D eigenvalue weighted by Crippen LogP contribution is -2.37. The van der Waals surface area contributed by atoms with E-state index in [9.17, 15) is 9.59 Å². The van der Waals surface area contributed by atoms with Crippen LogP contribution in [0.25, 0.3) is 0 Å². The Morgan fingerprint density at radius 2 is 1.77 bits per heavy atom. The highest BCUT2D eigenvalue weighted by Crippen LogP contribution is 2.06. The molecule has 4 nitrogen and oxygen atoms in total. The van der Waals surface area contributed by atoms with Gasteiger partial charge in [-0.3, -0.25) is 0 Å². The second kappa shape index (κ2) is 7.98. The Bertz CT molecular complexity index is 608. The average molecular weight is 297 g/mol. The van der Waals surface area contributed by atoms with Gasteiger partial charge in [-0.05, 0) is 24.5 Å². The molecule has 1 unspecified atom stereocenters. The normalized spacial score (nSPS) is 11.5. The van der Waals surface area contributed by atoms with E-state index in [0.29, 0.717) is 6.42 Å². The zero-order valence-corrected chi connectivity index (χ0v) is 12.5. The molecule has 0 radical (unpaired) electrons. The van der Waals surface area contributed by atoms with Gasteiger partial charge < -0.3 is 14.8 Å². The predicted octanol–water partition coefficient (Wildman–Crippen LogP) is 3.03. The maximum Gasteiger partial charge on any atom is 0.408 e. The molecule has 0 aliphatic heterocycles. The van der Waals surface area contributed by atoms with E-state index in [1.54, 1.807) is 0 Å². The van der Waals surface area contributed by atoms with Crippen molar-refractivity contribution in [1.29, 1.82) is 0 Å². The molecule has 22 heavy (non-hydrogen) atoms. The van der Waals surface area contributed by atoms with Crippen LogP contribution in [0.1, 0.15) is 16.7 Å². The van der Waals surface area contributed by atoms with E-state index in [-0.39, 0.29) is 6.61 Å². The zero-order valence-electron chi connectivity index (χ0n) is 12.5. The molecule has 0 heterocycles. The van der Waals surface area contributed by atoms with Crippen molar-refractivity contribution in [1.82, 2.24) is 5.32 Å². The SMILES string of the molecule is Cc1ccc(CC(C=O)NC(=O)OCc2ccccc2)cc1. The fraction of sp³-hybridized carbons (Fsp3) is 0.222. The Labute approximate surface area is 130 Å². The van der Waals surface area contributed by atoms with Gasteiger partial charge in [0, 0.05) is 0 Å². The van der Waals surface area contributed by atoms with Crippen LogP contribution < -0.4 is 5.32 Å². The molecule has 0 aromatic heterocycles. The predicted molar refractivity (Wildman–Crippen MR) is 84.5 cm³/mol. The summed E-state index contributed by atoms with van der Waals surface area (Å²) >= 11 is 0. The third kappa shape index (κ3) is 5.05. The molecule has 0 bridgehead atoms. The van der Waals surface area contributed by atoms with E-state index in [0.717, 1.165) is 23.0 Å². The van der Waals surface area contributed by atoms with E-state index < -0.39 is 12.1 Å². The Hall–Kier alpha value is -2.62. The van der Waals surface area contributed by atoms with E-state index in [1.165, 1.54) is 0 Å². The van der Waals surface area contributed by atoms with Crippen molar-refractivity contribution in [3.8, 4) is 0 Å². The second-order valence-corrected chi connectivity index (χ2v) is 5.14. The quantitative estimate of drug-likeness (QED) is 0.834. The number of aryl methyl sites for hydroxylation is 1. The van der Waals surface area contributed by atoms with Gasteiger partial charge in [0.05, 0.1) is 6.04 Å². The number of alkyl carbamates (subject to hydrolysis) is 1. The number of amides is 1. The number of hydrogen-bond donors (Lipinski definition) is 1. The minimum absolute atomic E-state index is 0.183. The van der Waals surface area contributed by atoms with Crippen molar-refractivity contribution in [2.75, 3.05) is 0 Å². The minimum Gasteiger partial charge on any atom is -0.445 e. The van der Waals surface area contributed by atoms with Crippen LogP contribution in [-0.4, -0.2) is 18.4 Å². The van der Waals surface area contributed by atoms with Gasteiger partial charge in [-0.15, -0.1) is 0 Å². The first kappa shape index (κ1) is 15.8. The first-order valence-corrected chi connectivity index (χ1v) is 7.15. The summed E-state index contributed by atoms with van der Waals surface area (Å²) < 4.78 is 5.11. The van der Waals surface area contributed by atoms with Gasteiger partial charge in [0.2, 0.25) is 0 Å². The van der Waals surface area contributed by atoms with Crippen LogP contribution in [0.15, 0.2) is 54.6 Å². The molecular weight excluding hydrogens is 278 g/mol. The van der Waals surface area contributed by atoms with E-state index in [4.69, 9.17) is 4.74 Å². The molecule has 1 atom stereocenters. The summed E-state index contributed by atoms with van der Waals surface area (Å²) in [5.74, 6) is 0. The van der Waals surface area contributed by atoms with Crippen LogP contribution in [0.4, 0.5) is 4.79 Å². The van der Waals surface area contributed by atoms with Crippen molar-refractivity contribution in [2.45, 2.75) is 26.0 Å². The summed E-state index contributed by atoms with van der Waals surface area (Å²) in [5.41, 5.74) is 3.05. The molecule has 114 valence electrons. The van der Waals surface area contributed by atoms with Crippen molar-refractivity contribution in [3.63, 3.8) is 0 Å². The van der Waals surface area contributed by atoms with E-state index in [1.807, 2.05) is 61.5 Å². The van der Waals surface area contributed by atoms with Crippen molar-refractivity contribution < 1.29 is 14.3 Å². The highest BCUT2D eigenvalue weighted by atomic mass is 16.5. The fourth-order valence-electron chi connectivity index (χ4n) is 2.03. The van der Waals surface area contributed by atoms with Crippen LogP contribution >= 0.6 is 0 Å². The highest BCUT2D eigenvalue weighted by Gasteiger charge is 2.13. The Kier molecular flexibility index (Phi) is 5.72. The van der Waals surface area contributed by atoms with Gasteiger partial charge in [0.25, 0.3) is 0 Å². The van der Waals surface area contributed by atoms with Crippen molar-refractivity contribution in [2.24, 2.45) is 0 Å². The smallest absolute Gasteiger partial charge is 0.408 e. The first-order valence-electron chi connectivity index (χ1n) is 7.15. The molecule has 0 saturated heterocycles. The topological polar surface area (TPSA) is 55.4 Å². The minimum atomic E-state index is -0.592. The number of aldehydes is 1. The van der Waals surface area contributed by atoms with Gasteiger partial charge in [-0.25, -0.2) is 4.79 Å². The number of nitrogens with one attached hydrogen (secondary N) is 1. The molecule has 0 aliphatic carbocycles. The molecule has 2 rings (SSSR count). The second-order valence-electron chi connectivity index (χ2n) is 5.14. The monoisotopic (exact) mass is 297 g/mol. The molecule has 0 spiro atoms. The Morgan fingerprint density at radius 3 is 2.41 bits per heavy atom. The lowest BCUT2D eigenvalue weighted by Gasteiger charge is -2.13. The van der Waals surface area contributed by atoms with Gasteiger partial charge in [0.1, 0.15) is 12.9 Å². The fourth-order valence-corrected chi connectivity index (χ4v) is 2.03. The largest absolute Gasteiger partial charge is 0.445 e. The van der Waals surface area contributed by atoms with Gasteiger partial charge in [-0.2, -0.15) is 0 Å². The molecule has 4 heteroatoms. The average Bonchev–Trinajstić information content (AvgIpc) is 2.55. The van der Waals surface area contributed by atoms with E-state index >= 15 is 0 Å². The van der Waals surface area contributed by atoms with Gasteiger partial charge >= 0.3 is 6.09 Å². The van der Waals surface area contributed by atoms with Crippen molar-refractivity contribution >= 4 is 12.4 Å². The number of benzene rings is 2. The molecule has 0 fully saturated rings. The molecule has 1 N–H and O–H groups in total. The first-order chi connectivity index (χ1) is 10.7. The Morgan fingerprint density at radius 1 is 1.09 bits per heavy atom. The van der Waals surface area contributed by atoms with E-state index in [2.05, 4.69) is 5.32 Å². The Balaban J connectivity index is 1.83. The van der Waals surface area contributed by atoms with Crippen molar-refractivity contribution in [3.05, 3.63) is 71.3 Å². The zero-order chi connectivity index (χ0) is 15.8. The van der Waals surface area contributed by atoms with Crippen LogP contribution in [-0.2, 0) is 22.6 Å². The highest BCUT2D eigenvalue weighted by molar-refractivity contribution is 5.73. The van der Waals surface area contributed by atoms with Crippen LogP contribution in [0, 0.1) is 6.92 Å². The maximum atomic E-state index is 11.7. The van der Waals surface area contributed by atoms with Crippen LogP contribution in [0.5, 0.6) is 0 Å². The van der Waals surface area contributed by atoms with Crippen LogP contribution in [0.3, 0.4) is 0 Å². The molecule has 0 saturated carbocycles. The summed E-state index contributed by atoms with van der Waals surface area (Å²) in [6, 6.07) is 16.7. The standard InChI is InChI=1S/C18H19NO3/c1-14-7-9-15(10-8-14)11-17(12-20)19-18(21)22-13-16-5-3-2-4-6-16/h2-10,12,17H,11,13H2,1H3,(H,19,21). The van der Waals surface area contributed by atoms with Crippen LogP contribution in [0.2, 0.25) is 0 Å². The summed E-state index contributed by atoms with van der Waals surface area (Å²) in [7, 11) is 0. The van der Waals surface area contributed by atoms with Gasteiger partial charge in [-0.1, -0.05) is 60.2 Å². The number of ether oxygens (including phenoxy) is 1. The number of hydrogen-bond acceptors (Lipinski definition) is 3. The third-order valence-electron chi connectivity index (χ3n) is 3.26. The molecule has 2 aromatic carbocycles. The lowest BCUT2D eigenvalue weighted by atomic mass is 10.1.